The summed E-state index contributed by atoms with van der Waals surface area (Å²) >= 11 is 7.67. The molecule has 24 heavy (non-hydrogen) atoms. The highest BCUT2D eigenvalue weighted by Crippen LogP contribution is 2.32. The molecule has 0 aliphatic rings. The van der Waals surface area contributed by atoms with Crippen LogP contribution in [-0.2, 0) is 0 Å². The lowest BCUT2D eigenvalue weighted by Crippen LogP contribution is -2.10. The Morgan fingerprint density at radius 2 is 2.00 bits per heavy atom. The van der Waals surface area contributed by atoms with Crippen molar-refractivity contribution in [2.24, 2.45) is 0 Å². The molecule has 2 heterocycles. The number of fused-ring (bicyclic) bond motifs is 1. The maximum absolute atomic E-state index is 12.2. The number of anilines is 1. The van der Waals surface area contributed by atoms with Gasteiger partial charge in [0.1, 0.15) is 5.52 Å². The number of rotatable bonds is 3. The number of halogens is 1. The van der Waals surface area contributed by atoms with Crippen LogP contribution in [0.2, 0.25) is 5.02 Å². The van der Waals surface area contributed by atoms with Gasteiger partial charge in [0.15, 0.2) is 5.58 Å². The van der Waals surface area contributed by atoms with Gasteiger partial charge >= 0.3 is 0 Å². The van der Waals surface area contributed by atoms with E-state index in [0.29, 0.717) is 32.6 Å². The van der Waals surface area contributed by atoms with Gasteiger partial charge in [-0.3, -0.25) is 4.79 Å². The number of benzene rings is 2. The van der Waals surface area contributed by atoms with Crippen LogP contribution < -0.4 is 5.32 Å². The molecular weight excluding hydrogens is 344 g/mol. The second-order valence-corrected chi connectivity index (χ2v) is 6.47. The number of hydrogen-bond donors (Lipinski definition) is 1. The summed E-state index contributed by atoms with van der Waals surface area (Å²) in [6.07, 6.45) is 0. The van der Waals surface area contributed by atoms with Crippen LogP contribution in [0, 0.1) is 0 Å². The van der Waals surface area contributed by atoms with Crippen LogP contribution in [0.25, 0.3) is 22.6 Å². The van der Waals surface area contributed by atoms with E-state index in [1.807, 2.05) is 35.7 Å². The summed E-state index contributed by atoms with van der Waals surface area (Å²) in [6, 6.07) is 16.3. The molecule has 4 rings (SSSR count). The molecule has 4 nitrogen and oxygen atoms in total. The molecule has 0 aliphatic carbocycles. The zero-order valence-electron chi connectivity index (χ0n) is 12.3. The minimum atomic E-state index is -0.157. The normalized spacial score (nSPS) is 10.9. The Kier molecular flexibility index (Phi) is 3.80. The average molecular weight is 355 g/mol. The number of oxazole rings is 1. The van der Waals surface area contributed by atoms with Crippen molar-refractivity contribution < 1.29 is 9.21 Å². The number of hydrogen-bond acceptors (Lipinski definition) is 4. The Morgan fingerprint density at radius 3 is 2.79 bits per heavy atom. The minimum absolute atomic E-state index is 0.157. The summed E-state index contributed by atoms with van der Waals surface area (Å²) in [5, 5.41) is 5.23. The van der Waals surface area contributed by atoms with Crippen LogP contribution in [0.15, 0.2) is 64.4 Å². The van der Waals surface area contributed by atoms with Gasteiger partial charge in [0.25, 0.3) is 5.91 Å². The summed E-state index contributed by atoms with van der Waals surface area (Å²) in [5.74, 6) is 0.268. The largest absolute Gasteiger partial charge is 0.436 e. The van der Waals surface area contributed by atoms with Crippen LogP contribution >= 0.6 is 22.9 Å². The Balaban J connectivity index is 1.69. The van der Waals surface area contributed by atoms with Crippen LogP contribution in [0.4, 0.5) is 5.69 Å². The van der Waals surface area contributed by atoms with Gasteiger partial charge in [0, 0.05) is 5.69 Å². The molecule has 0 aliphatic heterocycles. The number of aromatic nitrogens is 1. The van der Waals surface area contributed by atoms with E-state index in [1.54, 1.807) is 24.3 Å². The average Bonchev–Trinajstić information content (AvgIpc) is 3.25. The van der Waals surface area contributed by atoms with Crippen molar-refractivity contribution in [1.82, 2.24) is 4.98 Å². The lowest BCUT2D eigenvalue weighted by Gasteiger charge is -2.06. The van der Waals surface area contributed by atoms with E-state index >= 15 is 0 Å². The van der Waals surface area contributed by atoms with Crippen LogP contribution in [0.3, 0.4) is 0 Å². The van der Waals surface area contributed by atoms with Gasteiger partial charge in [-0.1, -0.05) is 29.8 Å². The molecule has 1 N–H and O–H groups in total. The lowest BCUT2D eigenvalue weighted by atomic mass is 10.2. The quantitative estimate of drug-likeness (QED) is 0.531. The van der Waals surface area contributed by atoms with Gasteiger partial charge in [-0.2, -0.15) is 0 Å². The van der Waals surface area contributed by atoms with Gasteiger partial charge in [0.2, 0.25) is 5.89 Å². The van der Waals surface area contributed by atoms with Crippen molar-refractivity contribution in [2.45, 2.75) is 0 Å². The SMILES string of the molecule is O=C(Nc1ccc(Cl)c(-c2nc3ccccc3o2)c1)c1cccs1. The predicted octanol–water partition coefficient (Wildman–Crippen LogP) is 5.46. The zero-order chi connectivity index (χ0) is 16.5. The van der Waals surface area contributed by atoms with Crippen molar-refractivity contribution >= 4 is 45.6 Å². The van der Waals surface area contributed by atoms with E-state index in [1.165, 1.54) is 11.3 Å². The number of para-hydroxylation sites is 2. The lowest BCUT2D eigenvalue weighted by molar-refractivity contribution is 0.103. The third kappa shape index (κ3) is 2.79. The molecule has 0 unspecified atom stereocenters. The summed E-state index contributed by atoms with van der Waals surface area (Å²) in [4.78, 5) is 17.3. The number of amides is 1. The van der Waals surface area contributed by atoms with E-state index in [0.717, 1.165) is 5.52 Å². The maximum atomic E-state index is 12.2. The Morgan fingerprint density at radius 1 is 1.12 bits per heavy atom. The van der Waals surface area contributed by atoms with Gasteiger partial charge in [-0.15, -0.1) is 11.3 Å². The molecule has 0 saturated carbocycles. The first-order valence-electron chi connectivity index (χ1n) is 7.21. The van der Waals surface area contributed by atoms with Crippen molar-refractivity contribution in [1.29, 1.82) is 0 Å². The Bertz CT molecular complexity index is 992. The molecule has 1 amide bonds. The van der Waals surface area contributed by atoms with E-state index in [-0.39, 0.29) is 5.91 Å². The Hall–Kier alpha value is -2.63. The summed E-state index contributed by atoms with van der Waals surface area (Å²) in [6.45, 7) is 0. The Labute approximate surface area is 146 Å². The van der Waals surface area contributed by atoms with Crippen LogP contribution in [0.5, 0.6) is 0 Å². The fraction of sp³-hybridized carbons (Fsp3) is 0. The fourth-order valence-corrected chi connectivity index (χ4v) is 3.17. The molecule has 0 radical (unpaired) electrons. The summed E-state index contributed by atoms with van der Waals surface area (Å²) in [7, 11) is 0. The van der Waals surface area contributed by atoms with E-state index in [2.05, 4.69) is 10.3 Å². The zero-order valence-corrected chi connectivity index (χ0v) is 13.9. The first-order chi connectivity index (χ1) is 11.7. The monoisotopic (exact) mass is 354 g/mol. The second-order valence-electron chi connectivity index (χ2n) is 5.11. The second kappa shape index (κ2) is 6.11. The number of nitrogens with zero attached hydrogens (tertiary/aromatic N) is 1. The van der Waals surface area contributed by atoms with Gasteiger partial charge in [-0.05, 0) is 41.8 Å². The molecular formula is C18H11ClN2O2S. The highest BCUT2D eigenvalue weighted by molar-refractivity contribution is 7.12. The van der Waals surface area contributed by atoms with Crippen molar-refractivity contribution in [2.75, 3.05) is 5.32 Å². The molecule has 4 aromatic rings. The third-order valence-electron chi connectivity index (χ3n) is 3.49. The van der Waals surface area contributed by atoms with Crippen molar-refractivity contribution in [3.05, 3.63) is 69.9 Å². The fourth-order valence-electron chi connectivity index (χ4n) is 2.35. The summed E-state index contributed by atoms with van der Waals surface area (Å²) < 4.78 is 5.76. The number of carbonyl (C=O) groups is 1. The number of carbonyl (C=O) groups excluding carboxylic acids is 1. The van der Waals surface area contributed by atoms with E-state index in [9.17, 15) is 4.79 Å². The molecule has 6 heteroatoms. The maximum Gasteiger partial charge on any atom is 0.265 e. The summed E-state index contributed by atoms with van der Waals surface area (Å²) in [5.41, 5.74) is 2.72. The van der Waals surface area contributed by atoms with Gasteiger partial charge in [0.05, 0.1) is 15.5 Å². The van der Waals surface area contributed by atoms with Crippen LogP contribution in [0.1, 0.15) is 9.67 Å². The molecule has 0 saturated heterocycles. The first-order valence-corrected chi connectivity index (χ1v) is 8.47. The molecule has 2 aromatic heterocycles. The van der Waals surface area contributed by atoms with E-state index < -0.39 is 0 Å². The number of thiophene rings is 1. The molecule has 2 aromatic carbocycles. The van der Waals surface area contributed by atoms with Gasteiger partial charge < -0.3 is 9.73 Å². The van der Waals surface area contributed by atoms with Crippen LogP contribution in [-0.4, -0.2) is 10.9 Å². The van der Waals surface area contributed by atoms with Crippen molar-refractivity contribution in [3.8, 4) is 11.5 Å². The third-order valence-corrected chi connectivity index (χ3v) is 4.69. The molecule has 0 atom stereocenters. The van der Waals surface area contributed by atoms with E-state index in [4.69, 9.17) is 16.0 Å². The highest BCUT2D eigenvalue weighted by atomic mass is 35.5. The minimum Gasteiger partial charge on any atom is -0.436 e. The molecule has 0 spiro atoms. The van der Waals surface area contributed by atoms with Gasteiger partial charge in [-0.25, -0.2) is 4.98 Å². The predicted molar refractivity (Wildman–Crippen MR) is 96.7 cm³/mol. The van der Waals surface area contributed by atoms with Crippen molar-refractivity contribution in [3.63, 3.8) is 0 Å². The number of nitrogens with one attached hydrogen (secondary N) is 1. The molecule has 0 fully saturated rings. The molecule has 118 valence electrons. The topological polar surface area (TPSA) is 55.1 Å². The highest BCUT2D eigenvalue weighted by Gasteiger charge is 2.14. The standard InChI is InChI=1S/C18H11ClN2O2S/c19-13-8-7-11(20-17(22)16-6-3-9-24-16)10-12(13)18-21-14-4-1-2-5-15(14)23-18/h1-10H,(H,20,22). The molecule has 0 bridgehead atoms. The smallest absolute Gasteiger partial charge is 0.265 e. The first kappa shape index (κ1) is 14.9.